The van der Waals surface area contributed by atoms with Crippen molar-refractivity contribution in [1.82, 2.24) is 15.0 Å². The lowest BCUT2D eigenvalue weighted by molar-refractivity contribution is 0.539. The molecule has 1 heterocycles. The van der Waals surface area contributed by atoms with Crippen LogP contribution in [0.1, 0.15) is 35.5 Å². The van der Waals surface area contributed by atoms with Crippen molar-refractivity contribution in [2.45, 2.75) is 13.0 Å². The molecule has 4 nitrogen and oxygen atoms in total. The minimum absolute atomic E-state index is 0.0614. The Balaban J connectivity index is 1.96. The predicted molar refractivity (Wildman–Crippen MR) is 90.3 cm³/mol. The number of nitrogens with zero attached hydrogens (tertiary/aromatic N) is 4. The molecule has 0 bridgehead atoms. The molecule has 3 aromatic rings. The number of benzene rings is 2. The maximum Gasteiger partial charge on any atom is 0.190 e. The predicted octanol–water partition coefficient (Wildman–Crippen LogP) is 4.07. The zero-order valence-electron chi connectivity index (χ0n) is 13.1. The summed E-state index contributed by atoms with van der Waals surface area (Å²) >= 11 is 0. The average molecular weight is 318 g/mol. The van der Waals surface area contributed by atoms with Gasteiger partial charge in [-0.3, -0.25) is 0 Å². The third-order valence-corrected chi connectivity index (χ3v) is 3.79. The van der Waals surface area contributed by atoms with Crippen molar-refractivity contribution in [3.05, 3.63) is 82.9 Å². The van der Waals surface area contributed by atoms with E-state index in [-0.39, 0.29) is 17.6 Å². The van der Waals surface area contributed by atoms with Crippen LogP contribution in [0.15, 0.2) is 54.6 Å². The van der Waals surface area contributed by atoms with E-state index < -0.39 is 0 Å². The summed E-state index contributed by atoms with van der Waals surface area (Å²) in [6, 6.07) is 18.0. The Hall–Kier alpha value is -3.26. The molecule has 0 N–H and O–H groups in total. The lowest BCUT2D eigenvalue weighted by Crippen LogP contribution is -2.10. The highest BCUT2D eigenvalue weighted by atomic mass is 19.1. The molecule has 1 atom stereocenters. The molecule has 1 unspecified atom stereocenters. The van der Waals surface area contributed by atoms with Crippen LogP contribution in [0.25, 0.3) is 12.2 Å². The molecule has 0 saturated carbocycles. The van der Waals surface area contributed by atoms with Gasteiger partial charge in [-0.05, 0) is 36.3 Å². The van der Waals surface area contributed by atoms with E-state index >= 15 is 0 Å². The smallest absolute Gasteiger partial charge is 0.190 e. The summed E-state index contributed by atoms with van der Waals surface area (Å²) in [7, 11) is 0. The van der Waals surface area contributed by atoms with Gasteiger partial charge < -0.3 is 0 Å². The first-order valence-corrected chi connectivity index (χ1v) is 7.53. The summed E-state index contributed by atoms with van der Waals surface area (Å²) in [5, 5.41) is 17.3. The molecular formula is C19H15FN4. The third-order valence-electron chi connectivity index (χ3n) is 3.79. The monoisotopic (exact) mass is 318 g/mol. The molecule has 0 radical (unpaired) electrons. The molecule has 0 aliphatic rings. The van der Waals surface area contributed by atoms with E-state index in [2.05, 4.69) is 16.4 Å². The number of aromatic nitrogens is 3. The molecule has 5 heteroatoms. The van der Waals surface area contributed by atoms with Crippen molar-refractivity contribution in [2.24, 2.45) is 0 Å². The number of hydrogen-bond acceptors (Lipinski definition) is 3. The molecule has 1 aromatic heterocycles. The second kappa shape index (κ2) is 6.88. The van der Waals surface area contributed by atoms with Gasteiger partial charge >= 0.3 is 0 Å². The third kappa shape index (κ3) is 3.23. The SMILES string of the molecule is CC(c1ccccc1)n1nnc(C#N)c1/C=C/c1ccc(F)cc1. The largest absolute Gasteiger partial charge is 0.237 e. The molecule has 0 saturated heterocycles. The van der Waals surface area contributed by atoms with Gasteiger partial charge in [0, 0.05) is 0 Å². The van der Waals surface area contributed by atoms with Gasteiger partial charge in [0.1, 0.15) is 17.6 Å². The van der Waals surface area contributed by atoms with Gasteiger partial charge in [-0.15, -0.1) is 5.10 Å². The van der Waals surface area contributed by atoms with Gasteiger partial charge in [0.15, 0.2) is 5.69 Å². The Morgan fingerprint density at radius 2 is 1.79 bits per heavy atom. The number of nitriles is 1. The Morgan fingerprint density at radius 3 is 2.46 bits per heavy atom. The van der Waals surface area contributed by atoms with E-state index in [1.54, 1.807) is 22.9 Å². The molecule has 0 aliphatic heterocycles. The second-order valence-electron chi connectivity index (χ2n) is 5.35. The van der Waals surface area contributed by atoms with E-state index in [1.165, 1.54) is 12.1 Å². The topological polar surface area (TPSA) is 54.5 Å². The van der Waals surface area contributed by atoms with Gasteiger partial charge in [-0.2, -0.15) is 5.26 Å². The van der Waals surface area contributed by atoms with Crippen LogP contribution in [0.2, 0.25) is 0 Å². The van der Waals surface area contributed by atoms with Gasteiger partial charge in [0.2, 0.25) is 0 Å². The van der Waals surface area contributed by atoms with Crippen LogP contribution in [0, 0.1) is 17.1 Å². The fourth-order valence-electron chi connectivity index (χ4n) is 2.44. The normalized spacial score (nSPS) is 12.2. The van der Waals surface area contributed by atoms with Crippen molar-refractivity contribution in [1.29, 1.82) is 5.26 Å². The van der Waals surface area contributed by atoms with Crippen LogP contribution in [-0.2, 0) is 0 Å². The molecule has 3 rings (SSSR count). The van der Waals surface area contributed by atoms with Crippen molar-refractivity contribution < 1.29 is 4.39 Å². The van der Waals surface area contributed by atoms with E-state index in [0.29, 0.717) is 5.69 Å². The Kier molecular flexibility index (Phi) is 4.48. The average Bonchev–Trinajstić information content (AvgIpc) is 3.04. The first kappa shape index (κ1) is 15.6. The second-order valence-corrected chi connectivity index (χ2v) is 5.35. The molecule has 118 valence electrons. The van der Waals surface area contributed by atoms with Crippen LogP contribution >= 0.6 is 0 Å². The lowest BCUT2D eigenvalue weighted by Gasteiger charge is -2.13. The number of rotatable bonds is 4. The summed E-state index contributed by atoms with van der Waals surface area (Å²) in [6.45, 7) is 2.00. The van der Waals surface area contributed by atoms with E-state index in [9.17, 15) is 9.65 Å². The summed E-state index contributed by atoms with van der Waals surface area (Å²) in [5.41, 5.74) is 2.79. The standard InChI is InChI=1S/C19H15FN4/c1-14(16-5-3-2-4-6-16)24-19(18(13-21)22-23-24)12-9-15-7-10-17(20)11-8-15/h2-12,14H,1H3/b12-9+. The van der Waals surface area contributed by atoms with E-state index in [0.717, 1.165) is 11.1 Å². The molecule has 0 fully saturated rings. The highest BCUT2D eigenvalue weighted by Crippen LogP contribution is 2.21. The van der Waals surface area contributed by atoms with Crippen LogP contribution in [0.3, 0.4) is 0 Å². The number of halogens is 1. The first-order chi connectivity index (χ1) is 11.7. The van der Waals surface area contributed by atoms with E-state index in [4.69, 9.17) is 0 Å². The molecule has 0 aliphatic carbocycles. The van der Waals surface area contributed by atoms with Gasteiger partial charge in [-0.1, -0.05) is 53.8 Å². The Labute approximate surface area is 139 Å². The zero-order valence-corrected chi connectivity index (χ0v) is 13.1. The van der Waals surface area contributed by atoms with Gasteiger partial charge in [0.25, 0.3) is 0 Å². The van der Waals surface area contributed by atoms with Crippen molar-refractivity contribution in [3.8, 4) is 6.07 Å². The van der Waals surface area contributed by atoms with Crippen LogP contribution in [-0.4, -0.2) is 15.0 Å². The van der Waals surface area contributed by atoms with Crippen molar-refractivity contribution in [2.75, 3.05) is 0 Å². The maximum absolute atomic E-state index is 13.0. The van der Waals surface area contributed by atoms with Crippen LogP contribution < -0.4 is 0 Å². The first-order valence-electron chi connectivity index (χ1n) is 7.53. The summed E-state index contributed by atoms with van der Waals surface area (Å²) < 4.78 is 14.7. The number of hydrogen-bond donors (Lipinski definition) is 0. The summed E-state index contributed by atoms with van der Waals surface area (Å²) in [6.07, 6.45) is 3.60. The Bertz CT molecular complexity index is 889. The molecule has 0 spiro atoms. The molecule has 2 aromatic carbocycles. The fourth-order valence-corrected chi connectivity index (χ4v) is 2.44. The van der Waals surface area contributed by atoms with Gasteiger partial charge in [-0.25, -0.2) is 9.07 Å². The van der Waals surface area contributed by atoms with Crippen molar-refractivity contribution in [3.63, 3.8) is 0 Å². The quantitative estimate of drug-likeness (QED) is 0.728. The van der Waals surface area contributed by atoms with Crippen LogP contribution in [0.4, 0.5) is 4.39 Å². The Morgan fingerprint density at radius 1 is 1.08 bits per heavy atom. The highest BCUT2D eigenvalue weighted by molar-refractivity contribution is 5.70. The molecular weight excluding hydrogens is 303 g/mol. The minimum atomic E-state index is -0.283. The van der Waals surface area contributed by atoms with Crippen molar-refractivity contribution >= 4 is 12.2 Å². The summed E-state index contributed by atoms with van der Waals surface area (Å²) in [4.78, 5) is 0. The van der Waals surface area contributed by atoms with Crippen LogP contribution in [0.5, 0.6) is 0 Å². The van der Waals surface area contributed by atoms with E-state index in [1.807, 2.05) is 43.3 Å². The summed E-state index contributed by atoms with van der Waals surface area (Å²) in [5.74, 6) is -0.283. The zero-order chi connectivity index (χ0) is 16.9. The van der Waals surface area contributed by atoms with Gasteiger partial charge in [0.05, 0.1) is 6.04 Å². The molecule has 24 heavy (non-hydrogen) atoms. The lowest BCUT2D eigenvalue weighted by atomic mass is 10.1. The maximum atomic E-state index is 13.0. The minimum Gasteiger partial charge on any atom is -0.237 e. The molecule has 0 amide bonds. The highest BCUT2D eigenvalue weighted by Gasteiger charge is 2.16. The fraction of sp³-hybridized carbons (Fsp3) is 0.105.